The molecule has 0 saturated heterocycles. The van der Waals surface area contributed by atoms with Gasteiger partial charge < -0.3 is 9.84 Å². The maximum absolute atomic E-state index is 13.2. The summed E-state index contributed by atoms with van der Waals surface area (Å²) >= 11 is 0. The predicted octanol–water partition coefficient (Wildman–Crippen LogP) is 3.30. The summed E-state index contributed by atoms with van der Waals surface area (Å²) in [5, 5.41) is 9.95. The van der Waals surface area contributed by atoms with Crippen molar-refractivity contribution in [1.29, 1.82) is 0 Å². The normalized spacial score (nSPS) is 14.6. The number of halogens is 1. The third-order valence-corrected chi connectivity index (χ3v) is 2.88. The Kier molecular flexibility index (Phi) is 4.74. The zero-order valence-corrected chi connectivity index (χ0v) is 10.0. The van der Waals surface area contributed by atoms with Crippen molar-refractivity contribution in [2.75, 3.05) is 7.11 Å². The summed E-state index contributed by atoms with van der Waals surface area (Å²) in [5.74, 6) is 0.230. The van der Waals surface area contributed by atoms with Crippen LogP contribution < -0.4 is 4.74 Å². The lowest BCUT2D eigenvalue weighted by molar-refractivity contribution is 0.146. The van der Waals surface area contributed by atoms with Gasteiger partial charge in [-0.25, -0.2) is 4.39 Å². The molecule has 0 aliphatic heterocycles. The highest BCUT2D eigenvalue weighted by Crippen LogP contribution is 2.27. The number of hydrogen-bond donors (Lipinski definition) is 1. The zero-order valence-electron chi connectivity index (χ0n) is 10.0. The van der Waals surface area contributed by atoms with E-state index in [1.807, 2.05) is 0 Å². The molecule has 0 aromatic heterocycles. The van der Waals surface area contributed by atoms with Gasteiger partial charge >= 0.3 is 0 Å². The van der Waals surface area contributed by atoms with E-state index in [0.717, 1.165) is 6.42 Å². The summed E-state index contributed by atoms with van der Waals surface area (Å²) in [6, 6.07) is 4.49. The van der Waals surface area contributed by atoms with Gasteiger partial charge in [-0.3, -0.25) is 0 Å². The van der Waals surface area contributed by atoms with E-state index >= 15 is 0 Å². The Bertz CT molecular complexity index is 339. The van der Waals surface area contributed by atoms with Gasteiger partial charge in [-0.2, -0.15) is 0 Å². The lowest BCUT2D eigenvalue weighted by Gasteiger charge is -2.16. The maximum atomic E-state index is 13.2. The van der Waals surface area contributed by atoms with Gasteiger partial charge in [0, 0.05) is 0 Å². The molecule has 90 valence electrons. The Morgan fingerprint density at radius 1 is 1.44 bits per heavy atom. The molecule has 1 aromatic carbocycles. The highest BCUT2D eigenvalue weighted by Gasteiger charge is 2.13. The first-order chi connectivity index (χ1) is 7.58. The van der Waals surface area contributed by atoms with E-state index in [9.17, 15) is 9.50 Å². The number of aliphatic hydroxyl groups excluding tert-OH is 1. The monoisotopic (exact) mass is 226 g/mol. The van der Waals surface area contributed by atoms with Crippen molar-refractivity contribution in [3.8, 4) is 5.75 Å². The number of rotatable bonds is 5. The lowest BCUT2D eigenvalue weighted by atomic mass is 9.96. The van der Waals surface area contributed by atoms with E-state index in [1.165, 1.54) is 13.2 Å². The van der Waals surface area contributed by atoms with E-state index in [1.54, 1.807) is 12.1 Å². The topological polar surface area (TPSA) is 29.5 Å². The van der Waals surface area contributed by atoms with E-state index in [2.05, 4.69) is 13.8 Å². The Hall–Kier alpha value is -1.09. The summed E-state index contributed by atoms with van der Waals surface area (Å²) in [6.07, 6.45) is 1.16. The smallest absolute Gasteiger partial charge is 0.165 e. The third-order valence-electron chi connectivity index (χ3n) is 2.88. The average molecular weight is 226 g/mol. The van der Waals surface area contributed by atoms with Gasteiger partial charge in [0.15, 0.2) is 11.6 Å². The SMILES string of the molecule is CCC(C)CC(O)c1ccc(F)c(OC)c1. The molecule has 16 heavy (non-hydrogen) atoms. The second-order valence-corrected chi connectivity index (χ2v) is 4.16. The molecule has 0 amide bonds. The molecule has 3 heteroatoms. The minimum absolute atomic E-state index is 0.181. The van der Waals surface area contributed by atoms with Gasteiger partial charge in [-0.05, 0) is 30.0 Å². The molecule has 2 unspecified atom stereocenters. The minimum atomic E-state index is -0.551. The fraction of sp³-hybridized carbons (Fsp3) is 0.538. The van der Waals surface area contributed by atoms with Crippen LogP contribution in [-0.4, -0.2) is 12.2 Å². The molecule has 0 radical (unpaired) electrons. The molecule has 1 N–H and O–H groups in total. The molecular formula is C13H19FO2. The zero-order chi connectivity index (χ0) is 12.1. The van der Waals surface area contributed by atoms with Crippen LogP contribution in [0.5, 0.6) is 5.75 Å². The first-order valence-corrected chi connectivity index (χ1v) is 5.60. The predicted molar refractivity (Wildman–Crippen MR) is 62.0 cm³/mol. The average Bonchev–Trinajstić information content (AvgIpc) is 2.29. The van der Waals surface area contributed by atoms with Crippen LogP contribution in [0.2, 0.25) is 0 Å². The molecule has 0 aliphatic rings. The van der Waals surface area contributed by atoms with Crippen LogP contribution in [0.15, 0.2) is 18.2 Å². The largest absolute Gasteiger partial charge is 0.494 e. The first-order valence-electron chi connectivity index (χ1n) is 5.60. The lowest BCUT2D eigenvalue weighted by Crippen LogP contribution is -2.04. The van der Waals surface area contributed by atoms with E-state index in [4.69, 9.17) is 4.74 Å². The summed E-state index contributed by atoms with van der Waals surface area (Å²) in [4.78, 5) is 0. The summed E-state index contributed by atoms with van der Waals surface area (Å²) in [7, 11) is 1.42. The summed E-state index contributed by atoms with van der Waals surface area (Å²) in [5.41, 5.74) is 0.707. The Morgan fingerprint density at radius 2 is 2.12 bits per heavy atom. The molecule has 0 spiro atoms. The summed E-state index contributed by atoms with van der Waals surface area (Å²) in [6.45, 7) is 4.17. The van der Waals surface area contributed by atoms with Crippen molar-refractivity contribution < 1.29 is 14.2 Å². The second-order valence-electron chi connectivity index (χ2n) is 4.16. The van der Waals surface area contributed by atoms with Crippen LogP contribution in [-0.2, 0) is 0 Å². The maximum Gasteiger partial charge on any atom is 0.165 e. The first kappa shape index (κ1) is 13.0. The molecule has 1 aromatic rings. The molecule has 0 bridgehead atoms. The van der Waals surface area contributed by atoms with Gasteiger partial charge in [0.1, 0.15) is 0 Å². The van der Waals surface area contributed by atoms with Gasteiger partial charge in [0.2, 0.25) is 0 Å². The van der Waals surface area contributed by atoms with Crippen LogP contribution in [0, 0.1) is 11.7 Å². The van der Waals surface area contributed by atoms with Crippen LogP contribution in [0.25, 0.3) is 0 Å². The van der Waals surface area contributed by atoms with Gasteiger partial charge in [-0.15, -0.1) is 0 Å². The highest BCUT2D eigenvalue weighted by atomic mass is 19.1. The summed E-state index contributed by atoms with van der Waals surface area (Å²) < 4.78 is 18.0. The molecule has 0 saturated carbocycles. The molecule has 0 heterocycles. The number of ether oxygens (including phenoxy) is 1. The number of benzene rings is 1. The second kappa shape index (κ2) is 5.85. The quantitative estimate of drug-likeness (QED) is 0.834. The van der Waals surface area contributed by atoms with Crippen molar-refractivity contribution in [2.45, 2.75) is 32.8 Å². The standard InChI is InChI=1S/C13H19FO2/c1-4-9(2)7-12(15)10-5-6-11(14)13(8-10)16-3/h5-6,8-9,12,15H,4,7H2,1-3H3. The Labute approximate surface area is 96.1 Å². The van der Waals surface area contributed by atoms with Crippen LogP contribution in [0.1, 0.15) is 38.4 Å². The van der Waals surface area contributed by atoms with Gasteiger partial charge in [0.05, 0.1) is 13.2 Å². The molecule has 1 rings (SSSR count). The molecule has 0 aliphatic carbocycles. The number of aliphatic hydroxyl groups is 1. The van der Waals surface area contributed by atoms with Gasteiger partial charge in [0.25, 0.3) is 0 Å². The molecule has 2 nitrogen and oxygen atoms in total. The van der Waals surface area contributed by atoms with E-state index in [-0.39, 0.29) is 5.75 Å². The molecular weight excluding hydrogens is 207 g/mol. The highest BCUT2D eigenvalue weighted by molar-refractivity contribution is 5.31. The van der Waals surface area contributed by atoms with Gasteiger partial charge in [-0.1, -0.05) is 26.3 Å². The van der Waals surface area contributed by atoms with E-state index in [0.29, 0.717) is 17.9 Å². The van der Waals surface area contributed by atoms with Crippen LogP contribution >= 0.6 is 0 Å². The molecule has 2 atom stereocenters. The number of hydrogen-bond acceptors (Lipinski definition) is 2. The van der Waals surface area contributed by atoms with Crippen LogP contribution in [0.3, 0.4) is 0 Å². The fourth-order valence-corrected chi connectivity index (χ4v) is 1.57. The fourth-order valence-electron chi connectivity index (χ4n) is 1.57. The van der Waals surface area contributed by atoms with Crippen molar-refractivity contribution in [3.63, 3.8) is 0 Å². The third kappa shape index (κ3) is 3.20. The van der Waals surface area contributed by atoms with Crippen molar-refractivity contribution in [2.24, 2.45) is 5.92 Å². The van der Waals surface area contributed by atoms with E-state index < -0.39 is 11.9 Å². The number of methoxy groups -OCH3 is 1. The van der Waals surface area contributed by atoms with Crippen molar-refractivity contribution >= 4 is 0 Å². The Balaban J connectivity index is 2.79. The molecule has 0 fully saturated rings. The van der Waals surface area contributed by atoms with Crippen molar-refractivity contribution in [3.05, 3.63) is 29.6 Å². The Morgan fingerprint density at radius 3 is 2.69 bits per heavy atom. The van der Waals surface area contributed by atoms with Crippen molar-refractivity contribution in [1.82, 2.24) is 0 Å². The minimum Gasteiger partial charge on any atom is -0.494 e. The van der Waals surface area contributed by atoms with Crippen LogP contribution in [0.4, 0.5) is 4.39 Å².